The van der Waals surface area contributed by atoms with Gasteiger partial charge in [-0.3, -0.25) is 4.79 Å². The van der Waals surface area contributed by atoms with E-state index >= 15 is 0 Å². The van der Waals surface area contributed by atoms with Crippen LogP contribution in [0.15, 0.2) is 46.9 Å². The van der Waals surface area contributed by atoms with Gasteiger partial charge in [-0.15, -0.1) is 0 Å². The van der Waals surface area contributed by atoms with Crippen molar-refractivity contribution in [1.82, 2.24) is 5.32 Å². The summed E-state index contributed by atoms with van der Waals surface area (Å²) >= 11 is 3.37. The largest absolute Gasteiger partial charge is 0.455 e. The molecule has 5 heteroatoms. The molecule has 0 spiro atoms. The van der Waals surface area contributed by atoms with Crippen LogP contribution < -0.4 is 15.8 Å². The lowest BCUT2D eigenvalue weighted by Crippen LogP contribution is -2.17. The molecule has 2 aromatic rings. The minimum atomic E-state index is -0.180. The molecule has 4 nitrogen and oxygen atoms in total. The lowest BCUT2D eigenvalue weighted by atomic mass is 10.2. The van der Waals surface area contributed by atoms with Crippen molar-refractivity contribution in [2.45, 2.75) is 0 Å². The highest BCUT2D eigenvalue weighted by Crippen LogP contribution is 2.29. The van der Waals surface area contributed by atoms with E-state index in [1.54, 1.807) is 25.2 Å². The van der Waals surface area contributed by atoms with Crippen LogP contribution in [0.4, 0.5) is 5.69 Å². The van der Waals surface area contributed by atoms with E-state index in [4.69, 9.17) is 10.5 Å². The molecule has 2 aromatic carbocycles. The third kappa shape index (κ3) is 3.26. The smallest absolute Gasteiger partial charge is 0.251 e. The summed E-state index contributed by atoms with van der Waals surface area (Å²) in [4.78, 5) is 11.5. The SMILES string of the molecule is CNC(=O)c1ccc(Oc2cccc(Br)c2)c(N)c1. The summed E-state index contributed by atoms with van der Waals surface area (Å²) in [5.74, 6) is 1.01. The molecule has 0 aliphatic rings. The maximum atomic E-state index is 11.5. The van der Waals surface area contributed by atoms with Gasteiger partial charge >= 0.3 is 0 Å². The number of anilines is 1. The summed E-state index contributed by atoms with van der Waals surface area (Å²) in [6, 6.07) is 12.4. The second kappa shape index (κ2) is 5.75. The quantitative estimate of drug-likeness (QED) is 0.854. The van der Waals surface area contributed by atoms with Crippen LogP contribution in [0, 0.1) is 0 Å². The van der Waals surface area contributed by atoms with E-state index in [-0.39, 0.29) is 5.91 Å². The number of carbonyl (C=O) groups excluding carboxylic acids is 1. The highest BCUT2D eigenvalue weighted by Gasteiger charge is 2.08. The van der Waals surface area contributed by atoms with Crippen LogP contribution in [-0.4, -0.2) is 13.0 Å². The number of ether oxygens (including phenoxy) is 1. The highest BCUT2D eigenvalue weighted by molar-refractivity contribution is 9.10. The minimum absolute atomic E-state index is 0.180. The van der Waals surface area contributed by atoms with E-state index in [1.807, 2.05) is 24.3 Å². The first kappa shape index (κ1) is 13.4. The molecule has 0 saturated carbocycles. The van der Waals surface area contributed by atoms with E-state index in [2.05, 4.69) is 21.2 Å². The van der Waals surface area contributed by atoms with E-state index in [1.165, 1.54) is 0 Å². The van der Waals surface area contributed by atoms with Crippen molar-refractivity contribution >= 4 is 27.5 Å². The maximum Gasteiger partial charge on any atom is 0.251 e. The molecule has 19 heavy (non-hydrogen) atoms. The normalized spacial score (nSPS) is 10.0. The number of hydrogen-bond donors (Lipinski definition) is 2. The Bertz CT molecular complexity index is 614. The fourth-order valence-electron chi connectivity index (χ4n) is 1.58. The van der Waals surface area contributed by atoms with Crippen LogP contribution in [0.1, 0.15) is 10.4 Å². The Labute approximate surface area is 119 Å². The fraction of sp³-hybridized carbons (Fsp3) is 0.0714. The molecular weight excluding hydrogens is 308 g/mol. The number of amides is 1. The van der Waals surface area contributed by atoms with Gasteiger partial charge in [0.25, 0.3) is 5.91 Å². The summed E-state index contributed by atoms with van der Waals surface area (Å²) in [7, 11) is 1.57. The second-order valence-electron chi connectivity index (χ2n) is 3.89. The van der Waals surface area contributed by atoms with Crippen LogP contribution in [0.25, 0.3) is 0 Å². The molecule has 0 radical (unpaired) electrons. The predicted molar refractivity (Wildman–Crippen MR) is 78.5 cm³/mol. The summed E-state index contributed by atoms with van der Waals surface area (Å²) in [6.45, 7) is 0. The summed E-state index contributed by atoms with van der Waals surface area (Å²) in [6.07, 6.45) is 0. The number of nitrogen functional groups attached to an aromatic ring is 1. The maximum absolute atomic E-state index is 11.5. The van der Waals surface area contributed by atoms with Crippen LogP contribution in [0.3, 0.4) is 0 Å². The molecule has 3 N–H and O–H groups in total. The first-order valence-corrected chi connectivity index (χ1v) is 6.44. The lowest BCUT2D eigenvalue weighted by molar-refractivity contribution is 0.0963. The Morgan fingerprint density at radius 2 is 2.05 bits per heavy atom. The second-order valence-corrected chi connectivity index (χ2v) is 4.81. The van der Waals surface area contributed by atoms with Gasteiger partial charge in [0.05, 0.1) is 5.69 Å². The van der Waals surface area contributed by atoms with Crippen molar-refractivity contribution in [2.24, 2.45) is 0 Å². The van der Waals surface area contributed by atoms with E-state index in [9.17, 15) is 4.79 Å². The Hall–Kier alpha value is -2.01. The lowest BCUT2D eigenvalue weighted by Gasteiger charge is -2.10. The van der Waals surface area contributed by atoms with Gasteiger partial charge < -0.3 is 15.8 Å². The number of nitrogens with two attached hydrogens (primary N) is 1. The molecule has 0 heterocycles. The summed E-state index contributed by atoms with van der Waals surface area (Å²) in [5.41, 5.74) is 6.80. The van der Waals surface area contributed by atoms with Gasteiger partial charge in [-0.2, -0.15) is 0 Å². The number of benzene rings is 2. The summed E-state index contributed by atoms with van der Waals surface area (Å²) < 4.78 is 6.59. The molecule has 0 saturated heterocycles. The first-order valence-electron chi connectivity index (χ1n) is 5.65. The zero-order chi connectivity index (χ0) is 13.8. The molecule has 98 valence electrons. The average molecular weight is 321 g/mol. The predicted octanol–water partition coefficient (Wildman–Crippen LogP) is 3.18. The van der Waals surface area contributed by atoms with Crippen molar-refractivity contribution in [3.63, 3.8) is 0 Å². The number of nitrogens with one attached hydrogen (secondary N) is 1. The van der Waals surface area contributed by atoms with Crippen molar-refractivity contribution in [3.8, 4) is 11.5 Å². The van der Waals surface area contributed by atoms with Crippen molar-refractivity contribution in [1.29, 1.82) is 0 Å². The van der Waals surface area contributed by atoms with Gasteiger partial charge in [0.2, 0.25) is 0 Å². The van der Waals surface area contributed by atoms with Crippen LogP contribution >= 0.6 is 15.9 Å². The Kier molecular flexibility index (Phi) is 4.06. The van der Waals surface area contributed by atoms with Gasteiger partial charge in [0.15, 0.2) is 0 Å². The standard InChI is InChI=1S/C14H13BrN2O2/c1-17-14(18)9-5-6-13(12(16)7-9)19-11-4-2-3-10(15)8-11/h2-8H,16H2,1H3,(H,17,18). The zero-order valence-electron chi connectivity index (χ0n) is 10.3. The third-order valence-corrected chi connectivity index (χ3v) is 3.02. The molecule has 0 aliphatic carbocycles. The number of rotatable bonds is 3. The molecule has 0 aliphatic heterocycles. The highest BCUT2D eigenvalue weighted by atomic mass is 79.9. The van der Waals surface area contributed by atoms with Gasteiger partial charge in [0, 0.05) is 17.1 Å². The Morgan fingerprint density at radius 1 is 1.26 bits per heavy atom. The average Bonchev–Trinajstić information content (AvgIpc) is 2.40. The van der Waals surface area contributed by atoms with E-state index in [0.29, 0.717) is 22.7 Å². The van der Waals surface area contributed by atoms with Crippen molar-refractivity contribution in [3.05, 3.63) is 52.5 Å². The van der Waals surface area contributed by atoms with Crippen LogP contribution in [0.2, 0.25) is 0 Å². The molecule has 0 bridgehead atoms. The number of hydrogen-bond acceptors (Lipinski definition) is 3. The van der Waals surface area contributed by atoms with Crippen molar-refractivity contribution in [2.75, 3.05) is 12.8 Å². The van der Waals surface area contributed by atoms with E-state index < -0.39 is 0 Å². The molecule has 0 unspecified atom stereocenters. The number of carbonyl (C=O) groups is 1. The van der Waals surface area contributed by atoms with Crippen molar-refractivity contribution < 1.29 is 9.53 Å². The van der Waals surface area contributed by atoms with Gasteiger partial charge in [-0.25, -0.2) is 0 Å². The van der Waals surface area contributed by atoms with Gasteiger partial charge in [0.1, 0.15) is 11.5 Å². The summed E-state index contributed by atoms with van der Waals surface area (Å²) in [5, 5.41) is 2.54. The van der Waals surface area contributed by atoms with E-state index in [0.717, 1.165) is 4.47 Å². The van der Waals surface area contributed by atoms with Gasteiger partial charge in [-0.1, -0.05) is 22.0 Å². The topological polar surface area (TPSA) is 64.3 Å². The molecule has 0 atom stereocenters. The first-order chi connectivity index (χ1) is 9.10. The molecule has 0 fully saturated rings. The minimum Gasteiger partial charge on any atom is -0.455 e. The number of halogens is 1. The molecule has 2 rings (SSSR count). The molecule has 0 aromatic heterocycles. The van der Waals surface area contributed by atoms with Crippen LogP contribution in [0.5, 0.6) is 11.5 Å². The van der Waals surface area contributed by atoms with Crippen LogP contribution in [-0.2, 0) is 0 Å². The molecular formula is C14H13BrN2O2. The molecule has 1 amide bonds. The third-order valence-electron chi connectivity index (χ3n) is 2.52. The Balaban J connectivity index is 2.24. The van der Waals surface area contributed by atoms with Gasteiger partial charge in [-0.05, 0) is 36.4 Å². The Morgan fingerprint density at radius 3 is 2.68 bits per heavy atom. The monoisotopic (exact) mass is 320 g/mol. The zero-order valence-corrected chi connectivity index (χ0v) is 11.9. The fourth-order valence-corrected chi connectivity index (χ4v) is 1.96.